The minimum Gasteiger partial charge on any atom is -0.464 e. The smallest absolute Gasteiger partial charge is 0.319 e. The molecule has 1 aromatic carbocycles. The van der Waals surface area contributed by atoms with Gasteiger partial charge in [-0.3, -0.25) is 0 Å². The molecule has 1 atom stereocenters. The first-order valence-corrected chi connectivity index (χ1v) is 6.82. The summed E-state index contributed by atoms with van der Waals surface area (Å²) in [5.41, 5.74) is 1.96. The first kappa shape index (κ1) is 14.2. The molecular weight excluding hydrogens is 252 g/mol. The highest BCUT2D eigenvalue weighted by Crippen LogP contribution is 2.17. The maximum Gasteiger partial charge on any atom is 0.319 e. The topological polar surface area (TPSA) is 54.3 Å². The van der Waals surface area contributed by atoms with Gasteiger partial charge < -0.3 is 15.1 Å². The lowest BCUT2D eigenvalue weighted by molar-refractivity contribution is 0.247. The highest BCUT2D eigenvalue weighted by atomic mass is 16.3. The molecule has 2 rings (SSSR count). The van der Waals surface area contributed by atoms with E-state index in [0.29, 0.717) is 0 Å². The molecule has 20 heavy (non-hydrogen) atoms. The normalized spacial score (nSPS) is 11.9. The molecule has 0 bridgehead atoms. The standard InChI is InChI=1S/C16H20N2O2/c1-4-13-7-5-6-8-14(13)18-16(19)17-12(3)15-10-9-11(2)20-15/h5-10,12H,4H2,1-3H3,(H2,17,18,19). The molecule has 2 N–H and O–H groups in total. The number of amides is 2. The largest absolute Gasteiger partial charge is 0.464 e. The van der Waals surface area contributed by atoms with Gasteiger partial charge in [0.05, 0.1) is 6.04 Å². The van der Waals surface area contributed by atoms with Gasteiger partial charge in [0.1, 0.15) is 11.5 Å². The average Bonchev–Trinajstić information content (AvgIpc) is 2.86. The van der Waals surface area contributed by atoms with Crippen LogP contribution in [0.3, 0.4) is 0 Å². The van der Waals surface area contributed by atoms with Crippen molar-refractivity contribution in [1.82, 2.24) is 5.32 Å². The molecule has 0 saturated carbocycles. The van der Waals surface area contributed by atoms with Gasteiger partial charge in [0.2, 0.25) is 0 Å². The molecule has 1 unspecified atom stereocenters. The first-order chi connectivity index (χ1) is 9.60. The van der Waals surface area contributed by atoms with Gasteiger partial charge in [-0.2, -0.15) is 0 Å². The van der Waals surface area contributed by atoms with E-state index in [-0.39, 0.29) is 12.1 Å². The Morgan fingerprint density at radius 1 is 1.25 bits per heavy atom. The number of furan rings is 1. The zero-order valence-electron chi connectivity index (χ0n) is 12.1. The van der Waals surface area contributed by atoms with E-state index >= 15 is 0 Å². The monoisotopic (exact) mass is 272 g/mol. The fourth-order valence-corrected chi connectivity index (χ4v) is 2.06. The maximum atomic E-state index is 12.0. The Kier molecular flexibility index (Phi) is 4.45. The number of urea groups is 1. The van der Waals surface area contributed by atoms with Crippen LogP contribution in [0.5, 0.6) is 0 Å². The van der Waals surface area contributed by atoms with Crippen molar-refractivity contribution < 1.29 is 9.21 Å². The van der Waals surface area contributed by atoms with E-state index in [2.05, 4.69) is 17.6 Å². The Morgan fingerprint density at radius 2 is 2.00 bits per heavy atom. The molecule has 0 aliphatic heterocycles. The minimum atomic E-state index is -0.229. The molecule has 2 amide bonds. The number of aryl methyl sites for hydroxylation is 2. The van der Waals surface area contributed by atoms with Crippen LogP contribution in [-0.2, 0) is 6.42 Å². The van der Waals surface area contributed by atoms with Crippen LogP contribution in [0.15, 0.2) is 40.8 Å². The zero-order chi connectivity index (χ0) is 14.5. The fourth-order valence-electron chi connectivity index (χ4n) is 2.06. The van der Waals surface area contributed by atoms with Crippen molar-refractivity contribution in [2.45, 2.75) is 33.2 Å². The van der Waals surface area contributed by atoms with E-state index in [1.807, 2.05) is 50.2 Å². The Labute approximate surface area is 119 Å². The third-order valence-corrected chi connectivity index (χ3v) is 3.18. The van der Waals surface area contributed by atoms with Crippen LogP contribution >= 0.6 is 0 Å². The number of rotatable bonds is 4. The summed E-state index contributed by atoms with van der Waals surface area (Å²) in [5.74, 6) is 1.59. The predicted molar refractivity (Wildman–Crippen MR) is 79.8 cm³/mol. The van der Waals surface area contributed by atoms with E-state index in [0.717, 1.165) is 29.2 Å². The molecule has 4 heteroatoms. The van der Waals surface area contributed by atoms with Gasteiger partial charge in [-0.15, -0.1) is 0 Å². The molecule has 106 valence electrons. The highest BCUT2D eigenvalue weighted by Gasteiger charge is 2.13. The van der Waals surface area contributed by atoms with Crippen LogP contribution in [-0.4, -0.2) is 6.03 Å². The van der Waals surface area contributed by atoms with Crippen LogP contribution < -0.4 is 10.6 Å². The van der Waals surface area contributed by atoms with Crippen molar-refractivity contribution in [1.29, 1.82) is 0 Å². The van der Waals surface area contributed by atoms with E-state index < -0.39 is 0 Å². The van der Waals surface area contributed by atoms with Gasteiger partial charge in [-0.25, -0.2) is 4.79 Å². The first-order valence-electron chi connectivity index (χ1n) is 6.82. The molecule has 1 aromatic heterocycles. The molecule has 0 spiro atoms. The van der Waals surface area contributed by atoms with Crippen molar-refractivity contribution in [3.05, 3.63) is 53.5 Å². The lowest BCUT2D eigenvalue weighted by Crippen LogP contribution is -2.31. The van der Waals surface area contributed by atoms with Crippen molar-refractivity contribution in [3.63, 3.8) is 0 Å². The molecule has 2 aromatic rings. The summed E-state index contributed by atoms with van der Waals surface area (Å²) in [4.78, 5) is 12.0. The average molecular weight is 272 g/mol. The molecule has 4 nitrogen and oxygen atoms in total. The summed E-state index contributed by atoms with van der Waals surface area (Å²) in [7, 11) is 0. The number of para-hydroxylation sites is 1. The van der Waals surface area contributed by atoms with Crippen molar-refractivity contribution in [3.8, 4) is 0 Å². The second-order valence-electron chi connectivity index (χ2n) is 4.78. The Hall–Kier alpha value is -2.23. The molecule has 0 saturated heterocycles. The number of hydrogen-bond donors (Lipinski definition) is 2. The zero-order valence-corrected chi connectivity index (χ0v) is 12.1. The summed E-state index contributed by atoms with van der Waals surface area (Å²) in [6.07, 6.45) is 0.878. The summed E-state index contributed by atoms with van der Waals surface area (Å²) >= 11 is 0. The van der Waals surface area contributed by atoms with Gasteiger partial charge in [0.25, 0.3) is 0 Å². The molecule has 0 aliphatic rings. The third kappa shape index (κ3) is 3.41. The number of anilines is 1. The van der Waals surface area contributed by atoms with Crippen molar-refractivity contribution >= 4 is 11.7 Å². The van der Waals surface area contributed by atoms with Gasteiger partial charge >= 0.3 is 6.03 Å². The molecule has 0 aliphatic carbocycles. The number of carbonyl (C=O) groups excluding carboxylic acids is 1. The summed E-state index contributed by atoms with van der Waals surface area (Å²) < 4.78 is 5.50. The Bertz CT molecular complexity index is 590. The second kappa shape index (κ2) is 6.28. The van der Waals surface area contributed by atoms with Crippen LogP contribution in [0.25, 0.3) is 0 Å². The van der Waals surface area contributed by atoms with Crippen LogP contribution in [0, 0.1) is 6.92 Å². The van der Waals surface area contributed by atoms with Gasteiger partial charge in [-0.1, -0.05) is 25.1 Å². The second-order valence-corrected chi connectivity index (χ2v) is 4.78. The van der Waals surface area contributed by atoms with E-state index in [1.54, 1.807) is 0 Å². The van der Waals surface area contributed by atoms with Crippen LogP contribution in [0.4, 0.5) is 10.5 Å². The quantitative estimate of drug-likeness (QED) is 0.882. The Morgan fingerprint density at radius 3 is 2.65 bits per heavy atom. The summed E-state index contributed by atoms with van der Waals surface area (Å²) in [6, 6.07) is 11.2. The maximum absolute atomic E-state index is 12.0. The molecule has 0 fully saturated rings. The SMILES string of the molecule is CCc1ccccc1NC(=O)NC(C)c1ccc(C)o1. The van der Waals surface area contributed by atoms with Crippen LogP contribution in [0.2, 0.25) is 0 Å². The van der Waals surface area contributed by atoms with Crippen molar-refractivity contribution in [2.24, 2.45) is 0 Å². The summed E-state index contributed by atoms with van der Waals surface area (Å²) in [6.45, 7) is 5.84. The molecule has 1 heterocycles. The lowest BCUT2D eigenvalue weighted by Gasteiger charge is -2.14. The number of nitrogens with one attached hydrogen (secondary N) is 2. The number of carbonyl (C=O) groups is 1. The van der Waals surface area contributed by atoms with E-state index in [4.69, 9.17) is 4.42 Å². The van der Waals surface area contributed by atoms with Crippen molar-refractivity contribution in [2.75, 3.05) is 5.32 Å². The Balaban J connectivity index is 1.98. The number of benzene rings is 1. The fraction of sp³-hybridized carbons (Fsp3) is 0.312. The summed E-state index contributed by atoms with van der Waals surface area (Å²) in [5, 5.41) is 5.74. The van der Waals surface area contributed by atoms with Crippen LogP contribution in [0.1, 0.15) is 37.0 Å². The van der Waals surface area contributed by atoms with E-state index in [1.165, 1.54) is 0 Å². The third-order valence-electron chi connectivity index (χ3n) is 3.18. The predicted octanol–water partition coefficient (Wildman–Crippen LogP) is 4.03. The molecular formula is C16H20N2O2. The van der Waals surface area contributed by atoms with E-state index in [9.17, 15) is 4.79 Å². The van der Waals surface area contributed by atoms with Gasteiger partial charge in [0, 0.05) is 5.69 Å². The highest BCUT2D eigenvalue weighted by molar-refractivity contribution is 5.90. The molecule has 0 radical (unpaired) electrons. The van der Waals surface area contributed by atoms with Gasteiger partial charge in [-0.05, 0) is 44.0 Å². The van der Waals surface area contributed by atoms with Gasteiger partial charge in [0.15, 0.2) is 0 Å². The number of hydrogen-bond acceptors (Lipinski definition) is 2. The lowest BCUT2D eigenvalue weighted by atomic mass is 10.1. The minimum absolute atomic E-state index is 0.169.